The minimum absolute atomic E-state index is 0.157. The highest BCUT2D eigenvalue weighted by Gasteiger charge is 2.36. The molecule has 0 aromatic rings. The van der Waals surface area contributed by atoms with E-state index >= 15 is 0 Å². The van der Waals surface area contributed by atoms with Crippen LogP contribution >= 0.6 is 0 Å². The fourth-order valence-electron chi connectivity index (χ4n) is 3.33. The zero-order valence-corrected chi connectivity index (χ0v) is 11.8. The van der Waals surface area contributed by atoms with Crippen molar-refractivity contribution in [2.24, 2.45) is 0 Å². The number of nitrogens with one attached hydrogen (secondary N) is 1. The summed E-state index contributed by atoms with van der Waals surface area (Å²) >= 11 is 0. The van der Waals surface area contributed by atoms with Crippen LogP contribution in [0.3, 0.4) is 0 Å². The molecule has 0 spiro atoms. The molecule has 0 aromatic carbocycles. The third kappa shape index (κ3) is 3.04. The average molecular weight is 253 g/mol. The van der Waals surface area contributed by atoms with Crippen LogP contribution in [0.1, 0.15) is 39.0 Å². The third-order valence-corrected chi connectivity index (χ3v) is 4.29. The van der Waals surface area contributed by atoms with Crippen LogP contribution in [-0.2, 0) is 4.79 Å². The minimum Gasteiger partial charge on any atom is -0.344 e. The molecule has 0 aliphatic carbocycles. The molecule has 1 N–H and O–H groups in total. The molecule has 1 amide bonds. The van der Waals surface area contributed by atoms with Crippen LogP contribution in [-0.4, -0.2) is 61.0 Å². The number of hydrogen-bond acceptors (Lipinski definition) is 3. The van der Waals surface area contributed by atoms with Crippen molar-refractivity contribution in [2.45, 2.75) is 51.1 Å². The number of likely N-dealkylation sites (tertiary alicyclic amines) is 1. The summed E-state index contributed by atoms with van der Waals surface area (Å²) in [5, 5.41) is 3.40. The van der Waals surface area contributed by atoms with E-state index in [4.69, 9.17) is 0 Å². The molecule has 18 heavy (non-hydrogen) atoms. The van der Waals surface area contributed by atoms with Gasteiger partial charge in [-0.1, -0.05) is 6.92 Å². The Morgan fingerprint density at radius 2 is 2.06 bits per heavy atom. The van der Waals surface area contributed by atoms with Crippen molar-refractivity contribution < 1.29 is 4.79 Å². The molecule has 0 radical (unpaired) electrons. The standard InChI is InChI=1S/C14H27N3O/c1-3-10-16(2)14(18)13-5-4-11-17(13)12-6-8-15-9-7-12/h12-13,15H,3-11H2,1-2H3. The SMILES string of the molecule is CCCN(C)C(=O)C1CCCN1C1CCNCC1. The Balaban J connectivity index is 1.95. The second kappa shape index (κ2) is 6.53. The Labute approximate surface area is 111 Å². The maximum Gasteiger partial charge on any atom is 0.239 e. The smallest absolute Gasteiger partial charge is 0.239 e. The lowest BCUT2D eigenvalue weighted by Gasteiger charge is -2.36. The molecule has 2 heterocycles. The Bertz CT molecular complexity index is 276. The number of rotatable bonds is 4. The maximum atomic E-state index is 12.5. The Morgan fingerprint density at radius 3 is 2.72 bits per heavy atom. The second-order valence-corrected chi connectivity index (χ2v) is 5.64. The first-order valence-electron chi connectivity index (χ1n) is 7.45. The van der Waals surface area contributed by atoms with Crippen LogP contribution in [0, 0.1) is 0 Å². The van der Waals surface area contributed by atoms with Crippen molar-refractivity contribution in [3.8, 4) is 0 Å². The van der Waals surface area contributed by atoms with Gasteiger partial charge in [0.2, 0.25) is 5.91 Å². The van der Waals surface area contributed by atoms with Gasteiger partial charge in [0.1, 0.15) is 0 Å². The summed E-state index contributed by atoms with van der Waals surface area (Å²) < 4.78 is 0. The van der Waals surface area contributed by atoms with Gasteiger partial charge in [0.15, 0.2) is 0 Å². The van der Waals surface area contributed by atoms with Gasteiger partial charge < -0.3 is 10.2 Å². The molecule has 2 fully saturated rings. The molecule has 1 unspecified atom stereocenters. The number of amides is 1. The van der Waals surface area contributed by atoms with Crippen molar-refractivity contribution in [2.75, 3.05) is 33.2 Å². The van der Waals surface area contributed by atoms with Crippen LogP contribution in [0.25, 0.3) is 0 Å². The number of carbonyl (C=O) groups excluding carboxylic acids is 1. The minimum atomic E-state index is 0.157. The Morgan fingerprint density at radius 1 is 1.33 bits per heavy atom. The van der Waals surface area contributed by atoms with Gasteiger partial charge in [-0.15, -0.1) is 0 Å². The normalized spacial score (nSPS) is 26.4. The first-order chi connectivity index (χ1) is 8.74. The predicted octanol–water partition coefficient (Wildman–Crippen LogP) is 1.07. The van der Waals surface area contributed by atoms with E-state index in [2.05, 4.69) is 17.1 Å². The van der Waals surface area contributed by atoms with Crippen molar-refractivity contribution in [1.82, 2.24) is 15.1 Å². The molecule has 104 valence electrons. The molecule has 2 aliphatic heterocycles. The van der Waals surface area contributed by atoms with E-state index in [0.717, 1.165) is 39.0 Å². The van der Waals surface area contributed by atoms with Crippen molar-refractivity contribution >= 4 is 5.91 Å². The third-order valence-electron chi connectivity index (χ3n) is 4.29. The van der Waals surface area contributed by atoms with Crippen LogP contribution in [0.5, 0.6) is 0 Å². The largest absolute Gasteiger partial charge is 0.344 e. The summed E-state index contributed by atoms with van der Waals surface area (Å²) in [7, 11) is 1.95. The first kappa shape index (κ1) is 13.8. The quantitative estimate of drug-likeness (QED) is 0.814. The number of nitrogens with zero attached hydrogens (tertiary/aromatic N) is 2. The van der Waals surface area contributed by atoms with Gasteiger partial charge in [0, 0.05) is 19.6 Å². The van der Waals surface area contributed by atoms with E-state index < -0.39 is 0 Å². The summed E-state index contributed by atoms with van der Waals surface area (Å²) in [5.74, 6) is 0.341. The van der Waals surface area contributed by atoms with Crippen molar-refractivity contribution in [1.29, 1.82) is 0 Å². The van der Waals surface area contributed by atoms with Crippen molar-refractivity contribution in [3.63, 3.8) is 0 Å². The van der Waals surface area contributed by atoms with E-state index in [9.17, 15) is 4.79 Å². The summed E-state index contributed by atoms with van der Waals surface area (Å²) in [4.78, 5) is 16.9. The zero-order valence-electron chi connectivity index (χ0n) is 11.8. The number of hydrogen-bond donors (Lipinski definition) is 1. The molecule has 4 nitrogen and oxygen atoms in total. The second-order valence-electron chi connectivity index (χ2n) is 5.64. The monoisotopic (exact) mass is 253 g/mol. The van der Waals surface area contributed by atoms with E-state index in [0.29, 0.717) is 11.9 Å². The summed E-state index contributed by atoms with van der Waals surface area (Å²) in [6.45, 7) is 6.33. The van der Waals surface area contributed by atoms with Gasteiger partial charge >= 0.3 is 0 Å². The van der Waals surface area contributed by atoms with Crippen LogP contribution in [0.2, 0.25) is 0 Å². The van der Waals surface area contributed by atoms with E-state index in [1.54, 1.807) is 0 Å². The van der Waals surface area contributed by atoms with Crippen LogP contribution < -0.4 is 5.32 Å². The zero-order chi connectivity index (χ0) is 13.0. The van der Waals surface area contributed by atoms with E-state index in [-0.39, 0.29) is 6.04 Å². The molecule has 0 saturated carbocycles. The van der Waals surface area contributed by atoms with Gasteiger partial charge in [-0.05, 0) is 51.7 Å². The van der Waals surface area contributed by atoms with Gasteiger partial charge in [-0.3, -0.25) is 9.69 Å². The molecule has 2 aliphatic rings. The van der Waals surface area contributed by atoms with Gasteiger partial charge in [0.25, 0.3) is 0 Å². The van der Waals surface area contributed by atoms with E-state index in [1.807, 2.05) is 11.9 Å². The highest BCUT2D eigenvalue weighted by molar-refractivity contribution is 5.82. The molecular formula is C14H27N3O. The van der Waals surface area contributed by atoms with Gasteiger partial charge in [-0.25, -0.2) is 0 Å². The van der Waals surface area contributed by atoms with Crippen LogP contribution in [0.4, 0.5) is 0 Å². The summed E-state index contributed by atoms with van der Waals surface area (Å²) in [6.07, 6.45) is 5.67. The maximum absolute atomic E-state index is 12.5. The Kier molecular flexibility index (Phi) is 5.01. The number of carbonyl (C=O) groups is 1. The lowest BCUT2D eigenvalue weighted by atomic mass is 10.0. The molecular weight excluding hydrogens is 226 g/mol. The van der Waals surface area contributed by atoms with Crippen molar-refractivity contribution in [3.05, 3.63) is 0 Å². The lowest BCUT2D eigenvalue weighted by Crippen LogP contribution is -2.51. The molecule has 0 aromatic heterocycles. The van der Waals surface area contributed by atoms with Crippen LogP contribution in [0.15, 0.2) is 0 Å². The number of likely N-dealkylation sites (N-methyl/N-ethyl adjacent to an activating group) is 1. The molecule has 2 rings (SSSR count). The molecule has 1 atom stereocenters. The predicted molar refractivity (Wildman–Crippen MR) is 73.5 cm³/mol. The fraction of sp³-hybridized carbons (Fsp3) is 0.929. The van der Waals surface area contributed by atoms with Gasteiger partial charge in [0.05, 0.1) is 6.04 Å². The van der Waals surface area contributed by atoms with E-state index in [1.165, 1.54) is 19.3 Å². The fourth-order valence-corrected chi connectivity index (χ4v) is 3.33. The molecule has 0 bridgehead atoms. The Hall–Kier alpha value is -0.610. The number of piperidine rings is 1. The molecule has 4 heteroatoms. The summed E-state index contributed by atoms with van der Waals surface area (Å²) in [5.41, 5.74) is 0. The highest BCUT2D eigenvalue weighted by Crippen LogP contribution is 2.25. The first-order valence-corrected chi connectivity index (χ1v) is 7.45. The molecule has 2 saturated heterocycles. The topological polar surface area (TPSA) is 35.6 Å². The summed E-state index contributed by atoms with van der Waals surface area (Å²) in [6, 6.07) is 0.780. The highest BCUT2D eigenvalue weighted by atomic mass is 16.2. The average Bonchev–Trinajstić information content (AvgIpc) is 2.88. The van der Waals surface area contributed by atoms with Gasteiger partial charge in [-0.2, -0.15) is 0 Å². The lowest BCUT2D eigenvalue weighted by molar-refractivity contribution is -0.135.